The van der Waals surface area contributed by atoms with Gasteiger partial charge in [-0.05, 0) is 31.9 Å². The summed E-state index contributed by atoms with van der Waals surface area (Å²) in [4.78, 5) is 36.7. The smallest absolute Gasteiger partial charge is 0.289 e. The molecule has 3 rings (SSSR count). The van der Waals surface area contributed by atoms with E-state index in [-0.39, 0.29) is 29.3 Å². The van der Waals surface area contributed by atoms with Crippen molar-refractivity contribution in [2.24, 2.45) is 11.7 Å². The van der Waals surface area contributed by atoms with Gasteiger partial charge in [-0.3, -0.25) is 14.4 Å². The van der Waals surface area contributed by atoms with Crippen molar-refractivity contribution in [2.45, 2.75) is 19.8 Å². The van der Waals surface area contributed by atoms with Crippen molar-refractivity contribution in [3.05, 3.63) is 47.7 Å². The number of Topliss-reactive ketones (excluding diaryl/α,β-unsaturated/α-hetero) is 1. The van der Waals surface area contributed by atoms with E-state index in [4.69, 9.17) is 10.2 Å². The molecule has 0 atom stereocenters. The molecule has 1 aliphatic rings. The van der Waals surface area contributed by atoms with Crippen LogP contribution >= 0.6 is 0 Å². The number of benzene rings is 1. The molecule has 25 heavy (non-hydrogen) atoms. The zero-order valence-electron chi connectivity index (χ0n) is 14.0. The minimum absolute atomic E-state index is 0.00113. The van der Waals surface area contributed by atoms with Gasteiger partial charge in [0.2, 0.25) is 5.91 Å². The van der Waals surface area contributed by atoms with Crippen LogP contribution in [0.1, 0.15) is 40.7 Å². The number of nitrogens with two attached hydrogens (primary N) is 1. The lowest BCUT2D eigenvalue weighted by Gasteiger charge is -2.29. The molecule has 2 aromatic rings. The number of primary amides is 1. The Hall–Kier alpha value is -2.89. The largest absolute Gasteiger partial charge is 0.451 e. The molecule has 1 saturated heterocycles. The fraction of sp³-hybridized carbons (Fsp3) is 0.316. The molecule has 0 bridgehead atoms. The lowest BCUT2D eigenvalue weighted by molar-refractivity contribution is -0.123. The average Bonchev–Trinajstić information content (AvgIpc) is 3.11. The number of nitrogens with zero attached hydrogens (tertiary/aromatic N) is 1. The fourth-order valence-corrected chi connectivity index (χ4v) is 3.00. The van der Waals surface area contributed by atoms with Crippen molar-refractivity contribution in [3.8, 4) is 11.3 Å². The first-order valence-electron chi connectivity index (χ1n) is 8.25. The van der Waals surface area contributed by atoms with Gasteiger partial charge < -0.3 is 15.1 Å². The normalized spacial score (nSPS) is 15.2. The first-order chi connectivity index (χ1) is 12.0. The molecular weight excluding hydrogens is 320 g/mol. The Balaban J connectivity index is 1.70. The molecule has 0 spiro atoms. The summed E-state index contributed by atoms with van der Waals surface area (Å²) < 4.78 is 5.69. The topological polar surface area (TPSA) is 93.6 Å². The minimum Gasteiger partial charge on any atom is -0.451 e. The summed E-state index contributed by atoms with van der Waals surface area (Å²) in [5.74, 6) is 0.196. The van der Waals surface area contributed by atoms with E-state index < -0.39 is 0 Å². The van der Waals surface area contributed by atoms with Crippen LogP contribution in [0, 0.1) is 5.92 Å². The Kier molecular flexibility index (Phi) is 4.70. The molecule has 2 amide bonds. The zero-order chi connectivity index (χ0) is 18.0. The molecule has 1 aromatic heterocycles. The Morgan fingerprint density at radius 3 is 2.24 bits per heavy atom. The van der Waals surface area contributed by atoms with E-state index in [1.54, 1.807) is 41.3 Å². The van der Waals surface area contributed by atoms with Crippen LogP contribution in [-0.2, 0) is 4.79 Å². The molecule has 0 saturated carbocycles. The highest BCUT2D eigenvalue weighted by atomic mass is 16.4. The third-order valence-electron chi connectivity index (χ3n) is 4.58. The zero-order valence-corrected chi connectivity index (χ0v) is 14.0. The molecule has 1 aliphatic heterocycles. The maximum Gasteiger partial charge on any atom is 0.289 e. The van der Waals surface area contributed by atoms with E-state index in [1.807, 2.05) is 0 Å². The highest BCUT2D eigenvalue weighted by Gasteiger charge is 2.27. The lowest BCUT2D eigenvalue weighted by atomic mass is 9.96. The van der Waals surface area contributed by atoms with Crippen molar-refractivity contribution in [1.29, 1.82) is 0 Å². The first-order valence-corrected chi connectivity index (χ1v) is 8.25. The van der Waals surface area contributed by atoms with Gasteiger partial charge in [0.25, 0.3) is 5.91 Å². The predicted octanol–water partition coefficient (Wildman–Crippen LogP) is 2.49. The molecule has 1 fully saturated rings. The third-order valence-corrected chi connectivity index (χ3v) is 4.58. The molecule has 1 aromatic carbocycles. The Morgan fingerprint density at radius 2 is 1.68 bits per heavy atom. The summed E-state index contributed by atoms with van der Waals surface area (Å²) >= 11 is 0. The number of rotatable bonds is 4. The van der Waals surface area contributed by atoms with E-state index in [0.717, 1.165) is 5.56 Å². The van der Waals surface area contributed by atoms with Crippen molar-refractivity contribution in [3.63, 3.8) is 0 Å². The molecule has 0 aliphatic carbocycles. The molecule has 6 nitrogen and oxygen atoms in total. The number of hydrogen-bond acceptors (Lipinski definition) is 4. The van der Waals surface area contributed by atoms with Crippen LogP contribution in [0.4, 0.5) is 0 Å². The standard InChI is InChI=1S/C19H20N2O4/c1-12(22)13-2-4-14(5-3-13)16-6-7-17(25-16)19(24)21-10-8-15(9-11-21)18(20)23/h2-7,15H,8-11H2,1H3,(H2,20,23). The number of piperidine rings is 1. The molecule has 2 N–H and O–H groups in total. The molecular formula is C19H20N2O4. The molecule has 130 valence electrons. The van der Waals surface area contributed by atoms with Crippen molar-refractivity contribution >= 4 is 17.6 Å². The highest BCUT2D eigenvalue weighted by molar-refractivity contribution is 5.94. The number of carbonyl (C=O) groups is 3. The molecule has 0 unspecified atom stereocenters. The first kappa shape index (κ1) is 17.0. The number of likely N-dealkylation sites (tertiary alicyclic amines) is 1. The van der Waals surface area contributed by atoms with Gasteiger partial charge >= 0.3 is 0 Å². The quantitative estimate of drug-likeness (QED) is 0.865. The number of furan rings is 1. The van der Waals surface area contributed by atoms with E-state index >= 15 is 0 Å². The summed E-state index contributed by atoms with van der Waals surface area (Å²) in [6.07, 6.45) is 1.17. The van der Waals surface area contributed by atoms with Gasteiger partial charge in [0.05, 0.1) is 0 Å². The molecule has 2 heterocycles. The average molecular weight is 340 g/mol. The van der Waals surface area contributed by atoms with E-state index in [9.17, 15) is 14.4 Å². The Morgan fingerprint density at radius 1 is 1.04 bits per heavy atom. The van der Waals surface area contributed by atoms with Crippen LogP contribution < -0.4 is 5.73 Å². The highest BCUT2D eigenvalue weighted by Crippen LogP contribution is 2.25. The summed E-state index contributed by atoms with van der Waals surface area (Å²) in [5, 5.41) is 0. The summed E-state index contributed by atoms with van der Waals surface area (Å²) in [7, 11) is 0. The van der Waals surface area contributed by atoms with Crippen molar-refractivity contribution in [1.82, 2.24) is 4.90 Å². The van der Waals surface area contributed by atoms with E-state index in [1.165, 1.54) is 6.92 Å². The second kappa shape index (κ2) is 6.93. The minimum atomic E-state index is -0.304. The van der Waals surface area contributed by atoms with Gasteiger partial charge in [-0.25, -0.2) is 0 Å². The van der Waals surface area contributed by atoms with Gasteiger partial charge in [0.1, 0.15) is 5.76 Å². The monoisotopic (exact) mass is 340 g/mol. The van der Waals surface area contributed by atoms with Crippen molar-refractivity contribution < 1.29 is 18.8 Å². The van der Waals surface area contributed by atoms with Crippen molar-refractivity contribution in [2.75, 3.05) is 13.1 Å². The maximum atomic E-state index is 12.5. The lowest BCUT2D eigenvalue weighted by Crippen LogP contribution is -2.41. The predicted molar refractivity (Wildman–Crippen MR) is 92.0 cm³/mol. The van der Waals surface area contributed by atoms with Crippen LogP contribution in [0.2, 0.25) is 0 Å². The summed E-state index contributed by atoms with van der Waals surface area (Å²) in [6, 6.07) is 10.4. The Labute approximate surface area is 145 Å². The van der Waals surface area contributed by atoms with Crippen LogP contribution in [-0.4, -0.2) is 35.6 Å². The van der Waals surface area contributed by atoms with Gasteiger partial charge in [0.15, 0.2) is 11.5 Å². The second-order valence-corrected chi connectivity index (χ2v) is 6.27. The third kappa shape index (κ3) is 3.63. The molecule has 6 heteroatoms. The number of amides is 2. The van der Waals surface area contributed by atoms with Gasteiger partial charge in [-0.2, -0.15) is 0 Å². The number of hydrogen-bond donors (Lipinski definition) is 1. The van der Waals surface area contributed by atoms with Gasteiger partial charge in [0, 0.05) is 30.1 Å². The summed E-state index contributed by atoms with van der Waals surface area (Å²) in [5.41, 5.74) is 6.75. The molecule has 0 radical (unpaired) electrons. The van der Waals surface area contributed by atoms with E-state index in [2.05, 4.69) is 0 Å². The SMILES string of the molecule is CC(=O)c1ccc(-c2ccc(C(=O)N3CCC(C(N)=O)CC3)o2)cc1. The number of ketones is 1. The van der Waals surface area contributed by atoms with Crippen LogP contribution in [0.5, 0.6) is 0 Å². The van der Waals surface area contributed by atoms with Crippen LogP contribution in [0.25, 0.3) is 11.3 Å². The second-order valence-electron chi connectivity index (χ2n) is 6.27. The van der Waals surface area contributed by atoms with Crippen LogP contribution in [0.15, 0.2) is 40.8 Å². The fourth-order valence-electron chi connectivity index (χ4n) is 3.00. The maximum absolute atomic E-state index is 12.5. The van der Waals surface area contributed by atoms with Crippen LogP contribution in [0.3, 0.4) is 0 Å². The summed E-state index contributed by atoms with van der Waals surface area (Å²) in [6.45, 7) is 2.51. The van der Waals surface area contributed by atoms with Gasteiger partial charge in [-0.1, -0.05) is 24.3 Å². The van der Waals surface area contributed by atoms with Gasteiger partial charge in [-0.15, -0.1) is 0 Å². The Bertz CT molecular complexity index is 799. The number of carbonyl (C=O) groups excluding carboxylic acids is 3. The van der Waals surface area contributed by atoms with E-state index in [0.29, 0.717) is 37.3 Å².